The Labute approximate surface area is 107 Å². The third kappa shape index (κ3) is 3.57. The third-order valence-electron chi connectivity index (χ3n) is 3.42. The Bertz CT molecular complexity index is 335. The summed E-state index contributed by atoms with van der Waals surface area (Å²) >= 11 is 0. The Balaban J connectivity index is 1.71. The quantitative estimate of drug-likeness (QED) is 0.736. The Kier molecular flexibility index (Phi) is 4.75. The summed E-state index contributed by atoms with van der Waals surface area (Å²) in [6.07, 6.45) is 6.77. The zero-order chi connectivity index (χ0) is 12.8. The summed E-state index contributed by atoms with van der Waals surface area (Å²) in [5.74, 6) is 0.0199. The molecule has 0 radical (unpaired) electrons. The molecule has 0 aromatic carbocycles. The van der Waals surface area contributed by atoms with Crippen LogP contribution in [0.4, 0.5) is 0 Å². The second-order valence-electron chi connectivity index (χ2n) is 4.69. The SMILES string of the molecule is O=C(NCC(=O)N1CCOCC1)C1CC=CCC1. The van der Waals surface area contributed by atoms with E-state index < -0.39 is 0 Å². The van der Waals surface area contributed by atoms with Crippen molar-refractivity contribution < 1.29 is 14.3 Å². The van der Waals surface area contributed by atoms with Crippen LogP contribution in [0.1, 0.15) is 19.3 Å². The van der Waals surface area contributed by atoms with Crippen LogP contribution in [0.25, 0.3) is 0 Å². The number of carbonyl (C=O) groups excluding carboxylic acids is 2. The minimum atomic E-state index is -0.0157. The highest BCUT2D eigenvalue weighted by Gasteiger charge is 2.21. The predicted molar refractivity (Wildman–Crippen MR) is 66.9 cm³/mol. The van der Waals surface area contributed by atoms with Crippen LogP contribution >= 0.6 is 0 Å². The summed E-state index contributed by atoms with van der Waals surface area (Å²) in [5, 5.41) is 2.74. The number of hydrogen-bond acceptors (Lipinski definition) is 3. The van der Waals surface area contributed by atoms with Gasteiger partial charge in [0.25, 0.3) is 0 Å². The topological polar surface area (TPSA) is 58.6 Å². The van der Waals surface area contributed by atoms with Crippen molar-refractivity contribution in [2.45, 2.75) is 19.3 Å². The molecule has 5 nitrogen and oxygen atoms in total. The molecular weight excluding hydrogens is 232 g/mol. The molecule has 1 aliphatic heterocycles. The van der Waals surface area contributed by atoms with Gasteiger partial charge in [-0.3, -0.25) is 9.59 Å². The third-order valence-corrected chi connectivity index (χ3v) is 3.42. The average Bonchev–Trinajstić information content (AvgIpc) is 2.46. The summed E-state index contributed by atoms with van der Waals surface area (Å²) in [6.45, 7) is 2.54. The van der Waals surface area contributed by atoms with Crippen LogP contribution in [0.3, 0.4) is 0 Å². The molecule has 0 aromatic heterocycles. The molecule has 2 aliphatic rings. The molecular formula is C13H20N2O3. The Morgan fingerprint density at radius 1 is 1.28 bits per heavy atom. The Morgan fingerprint density at radius 3 is 2.72 bits per heavy atom. The molecule has 0 spiro atoms. The second-order valence-corrected chi connectivity index (χ2v) is 4.69. The van der Waals surface area contributed by atoms with E-state index in [0.29, 0.717) is 26.3 Å². The number of carbonyl (C=O) groups is 2. The minimum absolute atomic E-state index is 0.000888. The number of nitrogens with zero attached hydrogens (tertiary/aromatic N) is 1. The molecule has 100 valence electrons. The normalized spacial score (nSPS) is 23.8. The van der Waals surface area contributed by atoms with Crippen molar-refractivity contribution in [1.29, 1.82) is 0 Å². The predicted octanol–water partition coefficient (Wildman–Crippen LogP) is 0.318. The van der Waals surface area contributed by atoms with Crippen molar-refractivity contribution in [1.82, 2.24) is 10.2 Å². The maximum atomic E-state index is 11.8. The second kappa shape index (κ2) is 6.54. The highest BCUT2D eigenvalue weighted by atomic mass is 16.5. The summed E-state index contributed by atoms with van der Waals surface area (Å²) < 4.78 is 5.18. The fourth-order valence-corrected chi connectivity index (χ4v) is 2.26. The number of amides is 2. The van der Waals surface area contributed by atoms with Crippen molar-refractivity contribution in [2.75, 3.05) is 32.8 Å². The van der Waals surface area contributed by atoms with Gasteiger partial charge in [0, 0.05) is 19.0 Å². The molecule has 0 saturated carbocycles. The van der Waals surface area contributed by atoms with Gasteiger partial charge in [-0.1, -0.05) is 12.2 Å². The molecule has 2 amide bonds. The zero-order valence-corrected chi connectivity index (χ0v) is 10.6. The van der Waals surface area contributed by atoms with Crippen LogP contribution in [0, 0.1) is 5.92 Å². The molecule has 2 rings (SSSR count). The molecule has 0 bridgehead atoms. The average molecular weight is 252 g/mol. The summed E-state index contributed by atoms with van der Waals surface area (Å²) in [6, 6.07) is 0. The van der Waals surface area contributed by atoms with E-state index in [0.717, 1.165) is 19.3 Å². The van der Waals surface area contributed by atoms with E-state index in [4.69, 9.17) is 4.74 Å². The smallest absolute Gasteiger partial charge is 0.242 e. The van der Waals surface area contributed by atoms with Crippen molar-refractivity contribution in [2.24, 2.45) is 5.92 Å². The number of nitrogens with one attached hydrogen (secondary N) is 1. The Hall–Kier alpha value is -1.36. The van der Waals surface area contributed by atoms with Gasteiger partial charge in [0.05, 0.1) is 19.8 Å². The number of hydrogen-bond donors (Lipinski definition) is 1. The molecule has 1 fully saturated rings. The Morgan fingerprint density at radius 2 is 2.06 bits per heavy atom. The highest BCUT2D eigenvalue weighted by Crippen LogP contribution is 2.17. The van der Waals surface area contributed by atoms with E-state index >= 15 is 0 Å². The van der Waals surface area contributed by atoms with E-state index in [1.165, 1.54) is 0 Å². The maximum Gasteiger partial charge on any atom is 0.242 e. The van der Waals surface area contributed by atoms with Crippen molar-refractivity contribution >= 4 is 11.8 Å². The van der Waals surface area contributed by atoms with Crippen LogP contribution in [-0.4, -0.2) is 49.6 Å². The number of allylic oxidation sites excluding steroid dienone is 2. The fraction of sp³-hybridized carbons (Fsp3) is 0.692. The van der Waals surface area contributed by atoms with Crippen molar-refractivity contribution in [3.63, 3.8) is 0 Å². The van der Waals surface area contributed by atoms with Crippen molar-refractivity contribution in [3.05, 3.63) is 12.2 Å². The molecule has 1 atom stereocenters. The number of ether oxygens (including phenoxy) is 1. The lowest BCUT2D eigenvalue weighted by Gasteiger charge is -2.27. The standard InChI is InChI=1S/C13H20N2O3/c16-12(15-6-8-18-9-7-15)10-14-13(17)11-4-2-1-3-5-11/h1-2,11H,3-10H2,(H,14,17). The van der Waals surface area contributed by atoms with Gasteiger partial charge in [-0.25, -0.2) is 0 Å². The van der Waals surface area contributed by atoms with Crippen LogP contribution < -0.4 is 5.32 Å². The highest BCUT2D eigenvalue weighted by molar-refractivity contribution is 5.86. The lowest BCUT2D eigenvalue weighted by Crippen LogP contribution is -2.46. The number of morpholine rings is 1. The van der Waals surface area contributed by atoms with Gasteiger partial charge < -0.3 is 15.0 Å². The van der Waals surface area contributed by atoms with Gasteiger partial charge in [0.2, 0.25) is 11.8 Å². The largest absolute Gasteiger partial charge is 0.378 e. The molecule has 1 unspecified atom stereocenters. The summed E-state index contributed by atoms with van der Waals surface area (Å²) in [4.78, 5) is 25.4. The van der Waals surface area contributed by atoms with E-state index in [1.807, 2.05) is 6.08 Å². The first-order valence-electron chi connectivity index (χ1n) is 6.55. The fourth-order valence-electron chi connectivity index (χ4n) is 2.26. The molecule has 1 saturated heterocycles. The van der Waals surface area contributed by atoms with E-state index in [1.54, 1.807) is 4.90 Å². The monoisotopic (exact) mass is 252 g/mol. The molecule has 1 heterocycles. The van der Waals surface area contributed by atoms with Crippen LogP contribution in [0.15, 0.2) is 12.2 Å². The lowest BCUT2D eigenvalue weighted by atomic mass is 9.94. The zero-order valence-electron chi connectivity index (χ0n) is 10.6. The summed E-state index contributed by atoms with van der Waals surface area (Å²) in [7, 11) is 0. The van der Waals surface area contributed by atoms with Gasteiger partial charge in [-0.05, 0) is 19.3 Å². The molecule has 18 heavy (non-hydrogen) atoms. The van der Waals surface area contributed by atoms with E-state index in [9.17, 15) is 9.59 Å². The van der Waals surface area contributed by atoms with Crippen molar-refractivity contribution in [3.8, 4) is 0 Å². The lowest BCUT2D eigenvalue weighted by molar-refractivity contribution is -0.137. The van der Waals surface area contributed by atoms with Gasteiger partial charge in [-0.2, -0.15) is 0 Å². The van der Waals surface area contributed by atoms with Gasteiger partial charge in [-0.15, -0.1) is 0 Å². The maximum absolute atomic E-state index is 11.8. The molecule has 1 N–H and O–H groups in total. The van der Waals surface area contributed by atoms with E-state index in [-0.39, 0.29) is 24.3 Å². The van der Waals surface area contributed by atoms with Crippen LogP contribution in [0.2, 0.25) is 0 Å². The minimum Gasteiger partial charge on any atom is -0.378 e. The molecule has 0 aromatic rings. The molecule has 1 aliphatic carbocycles. The number of rotatable bonds is 3. The first kappa shape index (κ1) is 13.1. The molecule has 5 heteroatoms. The van der Waals surface area contributed by atoms with Gasteiger partial charge in [0.1, 0.15) is 0 Å². The first-order chi connectivity index (χ1) is 8.77. The first-order valence-corrected chi connectivity index (χ1v) is 6.55. The van der Waals surface area contributed by atoms with Gasteiger partial charge in [0.15, 0.2) is 0 Å². The van der Waals surface area contributed by atoms with Crippen LogP contribution in [-0.2, 0) is 14.3 Å². The van der Waals surface area contributed by atoms with Crippen LogP contribution in [0.5, 0.6) is 0 Å². The summed E-state index contributed by atoms with van der Waals surface area (Å²) in [5.41, 5.74) is 0. The van der Waals surface area contributed by atoms with Gasteiger partial charge >= 0.3 is 0 Å². The van der Waals surface area contributed by atoms with E-state index in [2.05, 4.69) is 11.4 Å².